The summed E-state index contributed by atoms with van der Waals surface area (Å²) in [7, 11) is 1.80. The van der Waals surface area contributed by atoms with Gasteiger partial charge >= 0.3 is 0 Å². The number of rotatable bonds is 2. The number of nitrogens with two attached hydrogens (primary N) is 1. The minimum Gasteiger partial charge on any atom is -0.394 e. The first-order valence-corrected chi connectivity index (χ1v) is 6.19. The highest BCUT2D eigenvalue weighted by Gasteiger charge is 2.56. The fraction of sp³-hybridized carbons (Fsp3) is 0.667. The number of aryl methyl sites for hydroxylation is 2. The van der Waals surface area contributed by atoms with Gasteiger partial charge in [0.15, 0.2) is 5.82 Å². The molecule has 2 fully saturated rings. The quantitative estimate of drug-likeness (QED) is 0.810. The number of anilines is 2. The summed E-state index contributed by atoms with van der Waals surface area (Å²) in [5.74, 6) is 2.24. The van der Waals surface area contributed by atoms with Crippen LogP contribution in [-0.4, -0.2) is 15.7 Å². The Morgan fingerprint density at radius 3 is 2.65 bits per heavy atom. The molecule has 3 rings (SSSR count). The molecule has 2 atom stereocenters. The van der Waals surface area contributed by atoms with E-state index in [0.717, 1.165) is 5.69 Å². The second kappa shape index (κ2) is 3.48. The van der Waals surface area contributed by atoms with Crippen LogP contribution >= 0.6 is 0 Å². The van der Waals surface area contributed by atoms with Crippen LogP contribution in [0, 0.1) is 24.7 Å². The zero-order valence-electron chi connectivity index (χ0n) is 10.2. The van der Waals surface area contributed by atoms with Crippen LogP contribution in [0.1, 0.15) is 25.0 Å². The maximum Gasteiger partial charge on any atom is 0.229 e. The van der Waals surface area contributed by atoms with Crippen molar-refractivity contribution in [1.82, 2.24) is 9.78 Å². The summed E-state index contributed by atoms with van der Waals surface area (Å²) in [5.41, 5.74) is 7.23. The minimum atomic E-state index is 0.120. The van der Waals surface area contributed by atoms with E-state index >= 15 is 0 Å². The molecular formula is C12H18N4O. The average molecular weight is 234 g/mol. The van der Waals surface area contributed by atoms with Crippen molar-refractivity contribution in [3.05, 3.63) is 5.69 Å². The van der Waals surface area contributed by atoms with Crippen LogP contribution in [0.4, 0.5) is 11.5 Å². The molecule has 0 spiro atoms. The van der Waals surface area contributed by atoms with E-state index < -0.39 is 0 Å². The molecule has 2 unspecified atom stereocenters. The van der Waals surface area contributed by atoms with Crippen LogP contribution < -0.4 is 11.1 Å². The fourth-order valence-electron chi connectivity index (χ4n) is 3.23. The van der Waals surface area contributed by atoms with E-state index in [1.807, 2.05) is 6.92 Å². The minimum absolute atomic E-state index is 0.120. The van der Waals surface area contributed by atoms with Gasteiger partial charge in [0.2, 0.25) is 5.91 Å². The summed E-state index contributed by atoms with van der Waals surface area (Å²) in [6.45, 7) is 1.84. The molecule has 0 bridgehead atoms. The van der Waals surface area contributed by atoms with E-state index in [4.69, 9.17) is 5.73 Å². The summed E-state index contributed by atoms with van der Waals surface area (Å²) in [5, 5.41) is 7.12. The van der Waals surface area contributed by atoms with Gasteiger partial charge in [0.05, 0.1) is 11.4 Å². The lowest BCUT2D eigenvalue weighted by Gasteiger charge is -2.07. The number of fused-ring (bicyclic) bond motifs is 1. The lowest BCUT2D eigenvalue weighted by molar-refractivity contribution is -0.118. The van der Waals surface area contributed by atoms with Gasteiger partial charge in [0.25, 0.3) is 0 Å². The van der Waals surface area contributed by atoms with Gasteiger partial charge in [-0.25, -0.2) is 0 Å². The van der Waals surface area contributed by atoms with Crippen LogP contribution in [0.25, 0.3) is 0 Å². The normalized spacial score (nSPS) is 30.1. The second-order valence-corrected chi connectivity index (χ2v) is 5.24. The molecule has 0 aliphatic heterocycles. The number of nitrogen functional groups attached to an aromatic ring is 1. The Morgan fingerprint density at radius 2 is 2.12 bits per heavy atom. The largest absolute Gasteiger partial charge is 0.394 e. The maximum absolute atomic E-state index is 12.1. The van der Waals surface area contributed by atoms with Crippen LogP contribution in [0.5, 0.6) is 0 Å². The van der Waals surface area contributed by atoms with Gasteiger partial charge in [-0.1, -0.05) is 6.42 Å². The van der Waals surface area contributed by atoms with Crippen LogP contribution in [0.15, 0.2) is 0 Å². The molecule has 1 heterocycles. The first kappa shape index (κ1) is 10.6. The topological polar surface area (TPSA) is 72.9 Å². The number of aromatic nitrogens is 2. The van der Waals surface area contributed by atoms with Crippen LogP contribution in [-0.2, 0) is 11.8 Å². The summed E-state index contributed by atoms with van der Waals surface area (Å²) < 4.78 is 1.64. The monoisotopic (exact) mass is 234 g/mol. The molecular weight excluding hydrogens is 216 g/mol. The highest BCUT2D eigenvalue weighted by Crippen LogP contribution is 2.57. The molecule has 17 heavy (non-hydrogen) atoms. The number of nitrogens with zero attached hydrogens (tertiary/aromatic N) is 2. The third-order valence-electron chi connectivity index (χ3n) is 4.22. The Kier molecular flexibility index (Phi) is 2.18. The molecule has 5 heteroatoms. The van der Waals surface area contributed by atoms with Gasteiger partial charge in [-0.3, -0.25) is 9.48 Å². The summed E-state index contributed by atoms with van der Waals surface area (Å²) in [6.07, 6.45) is 3.71. The van der Waals surface area contributed by atoms with Crippen LogP contribution in [0.3, 0.4) is 0 Å². The van der Waals surface area contributed by atoms with Crippen molar-refractivity contribution in [1.29, 1.82) is 0 Å². The van der Waals surface area contributed by atoms with Gasteiger partial charge in [-0.05, 0) is 31.6 Å². The predicted octanol–water partition coefficient (Wildman–Crippen LogP) is 1.30. The lowest BCUT2D eigenvalue weighted by Crippen LogP contribution is -2.19. The van der Waals surface area contributed by atoms with Crippen LogP contribution in [0.2, 0.25) is 0 Å². The fourth-order valence-corrected chi connectivity index (χ4v) is 3.23. The summed E-state index contributed by atoms with van der Waals surface area (Å²) >= 11 is 0. The third kappa shape index (κ3) is 1.52. The van der Waals surface area contributed by atoms with E-state index in [9.17, 15) is 4.79 Å². The Hall–Kier alpha value is -1.52. The van der Waals surface area contributed by atoms with Crippen molar-refractivity contribution in [3.63, 3.8) is 0 Å². The number of hydrogen-bond acceptors (Lipinski definition) is 3. The Labute approximate surface area is 100 Å². The van der Waals surface area contributed by atoms with Gasteiger partial charge in [0.1, 0.15) is 0 Å². The standard InChI is InChI=1S/C12H18N4O/c1-6-10(13)11(16(2)15-6)14-12(17)9-7-4-3-5-8(7)9/h7-9H,3-5,13H2,1-2H3,(H,14,17). The molecule has 92 valence electrons. The van der Waals surface area contributed by atoms with E-state index in [0.29, 0.717) is 23.3 Å². The molecule has 2 saturated carbocycles. The maximum atomic E-state index is 12.1. The second-order valence-electron chi connectivity index (χ2n) is 5.24. The third-order valence-corrected chi connectivity index (χ3v) is 4.22. The van der Waals surface area contributed by atoms with Crippen molar-refractivity contribution in [2.75, 3.05) is 11.1 Å². The number of hydrogen-bond donors (Lipinski definition) is 2. The zero-order chi connectivity index (χ0) is 12.2. The number of carbonyl (C=O) groups is 1. The molecule has 0 saturated heterocycles. The van der Waals surface area contributed by atoms with Gasteiger partial charge in [-0.15, -0.1) is 0 Å². The van der Waals surface area contributed by atoms with E-state index in [-0.39, 0.29) is 11.8 Å². The van der Waals surface area contributed by atoms with Gasteiger partial charge in [-0.2, -0.15) is 5.10 Å². The average Bonchev–Trinajstić information content (AvgIpc) is 2.66. The number of carbonyl (C=O) groups excluding carboxylic acids is 1. The SMILES string of the molecule is Cc1nn(C)c(NC(=O)C2C3CCCC32)c1N. The number of amides is 1. The Morgan fingerprint density at radius 1 is 1.47 bits per heavy atom. The molecule has 1 amide bonds. The van der Waals surface area contributed by atoms with Gasteiger partial charge in [0, 0.05) is 13.0 Å². The smallest absolute Gasteiger partial charge is 0.229 e. The Balaban J connectivity index is 1.73. The molecule has 0 radical (unpaired) electrons. The molecule has 3 N–H and O–H groups in total. The predicted molar refractivity (Wildman–Crippen MR) is 65.3 cm³/mol. The van der Waals surface area contributed by atoms with Crippen molar-refractivity contribution in [2.24, 2.45) is 24.8 Å². The van der Waals surface area contributed by atoms with Crippen molar-refractivity contribution in [3.8, 4) is 0 Å². The van der Waals surface area contributed by atoms with Crippen molar-refractivity contribution in [2.45, 2.75) is 26.2 Å². The highest BCUT2D eigenvalue weighted by molar-refractivity contribution is 5.96. The lowest BCUT2D eigenvalue weighted by atomic mass is 10.1. The molecule has 2 aliphatic rings. The molecule has 0 aromatic carbocycles. The molecule has 1 aromatic heterocycles. The van der Waals surface area contributed by atoms with E-state index in [1.54, 1.807) is 11.7 Å². The first-order valence-electron chi connectivity index (χ1n) is 6.19. The Bertz CT molecular complexity index is 469. The molecule has 1 aromatic rings. The molecule has 5 nitrogen and oxygen atoms in total. The van der Waals surface area contributed by atoms with Crippen molar-refractivity contribution < 1.29 is 4.79 Å². The first-order chi connectivity index (χ1) is 8.09. The van der Waals surface area contributed by atoms with E-state index in [2.05, 4.69) is 10.4 Å². The van der Waals surface area contributed by atoms with Crippen molar-refractivity contribution >= 4 is 17.4 Å². The highest BCUT2D eigenvalue weighted by atomic mass is 16.2. The summed E-state index contributed by atoms with van der Waals surface area (Å²) in [6, 6.07) is 0. The summed E-state index contributed by atoms with van der Waals surface area (Å²) in [4.78, 5) is 12.1. The van der Waals surface area contributed by atoms with Gasteiger partial charge < -0.3 is 11.1 Å². The molecule has 2 aliphatic carbocycles. The zero-order valence-corrected chi connectivity index (χ0v) is 10.2. The van der Waals surface area contributed by atoms with E-state index in [1.165, 1.54) is 19.3 Å². The number of nitrogens with one attached hydrogen (secondary N) is 1.